The van der Waals surface area contributed by atoms with Crippen LogP contribution in [0, 0.1) is 5.92 Å². The highest BCUT2D eigenvalue weighted by molar-refractivity contribution is 5.95. The molecule has 0 radical (unpaired) electrons. The Balaban J connectivity index is 1.37. The van der Waals surface area contributed by atoms with Crippen LogP contribution in [-0.2, 0) is 16.0 Å². The molecule has 0 bridgehead atoms. The molecule has 1 aromatic heterocycles. The van der Waals surface area contributed by atoms with Crippen LogP contribution in [0.3, 0.4) is 0 Å². The molecule has 2 aliphatic heterocycles. The van der Waals surface area contributed by atoms with Gasteiger partial charge in [-0.1, -0.05) is 18.2 Å². The predicted molar refractivity (Wildman–Crippen MR) is 102 cm³/mol. The molecule has 2 aliphatic rings. The number of benzene rings is 1. The topological polar surface area (TPSA) is 62.7 Å². The minimum absolute atomic E-state index is 0.00338. The van der Waals surface area contributed by atoms with Gasteiger partial charge in [-0.15, -0.1) is 0 Å². The molecule has 0 aliphatic carbocycles. The first-order valence-electron chi connectivity index (χ1n) is 9.38. The molecule has 4 rings (SSSR count). The van der Waals surface area contributed by atoms with Crippen molar-refractivity contribution >= 4 is 17.5 Å². The second-order valence-corrected chi connectivity index (χ2v) is 7.06. The maximum Gasteiger partial charge on any atom is 0.255 e. The third-order valence-corrected chi connectivity index (χ3v) is 5.14. The molecule has 0 spiro atoms. The fourth-order valence-corrected chi connectivity index (χ4v) is 3.69. The quantitative estimate of drug-likeness (QED) is 0.833. The van der Waals surface area contributed by atoms with Crippen molar-refractivity contribution in [3.63, 3.8) is 0 Å². The smallest absolute Gasteiger partial charge is 0.255 e. The van der Waals surface area contributed by atoms with E-state index in [-0.39, 0.29) is 17.7 Å². The van der Waals surface area contributed by atoms with Gasteiger partial charge in [-0.05, 0) is 36.6 Å². The van der Waals surface area contributed by atoms with Gasteiger partial charge in [-0.25, -0.2) is 0 Å². The van der Waals surface area contributed by atoms with Crippen LogP contribution in [0.1, 0.15) is 22.5 Å². The van der Waals surface area contributed by atoms with E-state index in [1.54, 1.807) is 11.1 Å². The van der Waals surface area contributed by atoms with E-state index in [2.05, 4.69) is 4.98 Å². The summed E-state index contributed by atoms with van der Waals surface area (Å²) in [5.74, 6) is 0.403. The molecular weight excluding hydrogens is 342 g/mol. The standard InChI is InChI=1S/C21H23N3O3/c25-20-13-16(15-24(20)19-4-2-1-3-5-19)12-18-7-6-17(14-22-18)21(26)23-8-10-27-11-9-23/h1-7,14,16H,8-13,15H2/t16-/m0/s1. The van der Waals surface area contributed by atoms with Crippen LogP contribution >= 0.6 is 0 Å². The van der Waals surface area contributed by atoms with Gasteiger partial charge < -0.3 is 14.5 Å². The van der Waals surface area contributed by atoms with Crippen molar-refractivity contribution in [2.45, 2.75) is 12.8 Å². The fraction of sp³-hybridized carbons (Fsp3) is 0.381. The lowest BCUT2D eigenvalue weighted by Crippen LogP contribution is -2.40. The molecule has 0 N–H and O–H groups in total. The van der Waals surface area contributed by atoms with Crippen molar-refractivity contribution < 1.29 is 14.3 Å². The van der Waals surface area contributed by atoms with Gasteiger partial charge in [0.1, 0.15) is 0 Å². The number of aromatic nitrogens is 1. The Morgan fingerprint density at radius 1 is 1.11 bits per heavy atom. The van der Waals surface area contributed by atoms with Gasteiger partial charge in [-0.2, -0.15) is 0 Å². The largest absolute Gasteiger partial charge is 0.378 e. The van der Waals surface area contributed by atoms with Crippen LogP contribution < -0.4 is 4.90 Å². The summed E-state index contributed by atoms with van der Waals surface area (Å²) in [5, 5.41) is 0. The molecule has 2 amide bonds. The van der Waals surface area contributed by atoms with Gasteiger partial charge in [0.2, 0.25) is 5.91 Å². The van der Waals surface area contributed by atoms with Crippen molar-refractivity contribution in [2.24, 2.45) is 5.92 Å². The van der Waals surface area contributed by atoms with Crippen molar-refractivity contribution in [3.8, 4) is 0 Å². The number of carbonyl (C=O) groups is 2. The maximum atomic E-state index is 12.5. The van der Waals surface area contributed by atoms with Gasteiger partial charge in [0.25, 0.3) is 5.91 Å². The fourth-order valence-electron chi connectivity index (χ4n) is 3.69. The highest BCUT2D eigenvalue weighted by Gasteiger charge is 2.30. The van der Waals surface area contributed by atoms with Crippen LogP contribution in [0.5, 0.6) is 0 Å². The van der Waals surface area contributed by atoms with Crippen LogP contribution in [-0.4, -0.2) is 54.5 Å². The summed E-state index contributed by atoms with van der Waals surface area (Å²) in [6.45, 7) is 3.13. The van der Waals surface area contributed by atoms with E-state index < -0.39 is 0 Å². The van der Waals surface area contributed by atoms with E-state index in [0.717, 1.165) is 17.8 Å². The lowest BCUT2D eigenvalue weighted by molar-refractivity contribution is -0.117. The normalized spacial score (nSPS) is 20.1. The number of morpholine rings is 1. The molecule has 1 aromatic carbocycles. The summed E-state index contributed by atoms with van der Waals surface area (Å²) in [4.78, 5) is 32.9. The highest BCUT2D eigenvalue weighted by Crippen LogP contribution is 2.26. The molecule has 0 saturated carbocycles. The molecule has 1 atom stereocenters. The van der Waals surface area contributed by atoms with E-state index in [4.69, 9.17) is 4.74 Å². The summed E-state index contributed by atoms with van der Waals surface area (Å²) in [6.07, 6.45) is 2.92. The van der Waals surface area contributed by atoms with Crippen molar-refractivity contribution in [1.82, 2.24) is 9.88 Å². The van der Waals surface area contributed by atoms with Crippen LogP contribution in [0.2, 0.25) is 0 Å². The van der Waals surface area contributed by atoms with Crippen molar-refractivity contribution in [1.29, 1.82) is 0 Å². The SMILES string of the molecule is O=C(c1ccc(C[C@H]2CC(=O)N(c3ccccc3)C2)nc1)N1CCOCC1. The number of nitrogens with zero attached hydrogens (tertiary/aromatic N) is 3. The molecule has 6 nitrogen and oxygen atoms in total. The first kappa shape index (κ1) is 17.7. The third-order valence-electron chi connectivity index (χ3n) is 5.14. The summed E-state index contributed by atoms with van der Waals surface area (Å²) in [5.41, 5.74) is 2.47. The van der Waals surface area contributed by atoms with Crippen molar-refractivity contribution in [2.75, 3.05) is 37.7 Å². The lowest BCUT2D eigenvalue weighted by Gasteiger charge is -2.26. The molecule has 0 unspecified atom stereocenters. The molecule has 6 heteroatoms. The van der Waals surface area contributed by atoms with E-state index in [1.165, 1.54) is 0 Å². The average Bonchev–Trinajstić information content (AvgIpc) is 3.09. The number of para-hydroxylation sites is 1. The molecule has 2 saturated heterocycles. The first-order chi connectivity index (χ1) is 13.2. The molecule has 3 heterocycles. The minimum atomic E-state index is 0.00338. The molecule has 27 heavy (non-hydrogen) atoms. The van der Waals surface area contributed by atoms with Crippen molar-refractivity contribution in [3.05, 3.63) is 59.9 Å². The van der Waals surface area contributed by atoms with Gasteiger partial charge in [-0.3, -0.25) is 14.6 Å². The molecule has 2 aromatic rings. The average molecular weight is 365 g/mol. The number of rotatable bonds is 4. The van der Waals surface area contributed by atoms with E-state index in [0.29, 0.717) is 44.8 Å². The second-order valence-electron chi connectivity index (χ2n) is 7.06. The lowest BCUT2D eigenvalue weighted by atomic mass is 10.0. The number of ether oxygens (including phenoxy) is 1. The Labute approximate surface area is 158 Å². The molecule has 140 valence electrons. The van der Waals surface area contributed by atoms with E-state index in [9.17, 15) is 9.59 Å². The number of hydrogen-bond donors (Lipinski definition) is 0. The van der Waals surface area contributed by atoms with Gasteiger partial charge >= 0.3 is 0 Å². The number of amides is 2. The Morgan fingerprint density at radius 3 is 2.59 bits per heavy atom. The van der Waals surface area contributed by atoms with Crippen LogP contribution in [0.4, 0.5) is 5.69 Å². The molecular formula is C21H23N3O3. The van der Waals surface area contributed by atoms with Crippen LogP contribution in [0.15, 0.2) is 48.7 Å². The van der Waals surface area contributed by atoms with E-state index in [1.807, 2.05) is 47.4 Å². The Hall–Kier alpha value is -2.73. The van der Waals surface area contributed by atoms with E-state index >= 15 is 0 Å². The summed E-state index contributed by atoms with van der Waals surface area (Å²) in [7, 11) is 0. The number of carbonyl (C=O) groups excluding carboxylic acids is 2. The Bertz CT molecular complexity index is 801. The summed E-state index contributed by atoms with van der Waals surface area (Å²) >= 11 is 0. The first-order valence-corrected chi connectivity index (χ1v) is 9.38. The predicted octanol–water partition coefficient (Wildman–Crippen LogP) is 2.15. The molecule has 2 fully saturated rings. The Morgan fingerprint density at radius 2 is 1.89 bits per heavy atom. The zero-order valence-electron chi connectivity index (χ0n) is 15.2. The third kappa shape index (κ3) is 4.01. The number of hydrogen-bond acceptors (Lipinski definition) is 4. The second kappa shape index (κ2) is 7.88. The minimum Gasteiger partial charge on any atom is -0.378 e. The Kier molecular flexibility index (Phi) is 5.16. The van der Waals surface area contributed by atoms with Crippen LogP contribution in [0.25, 0.3) is 0 Å². The zero-order chi connectivity index (χ0) is 18.6. The van der Waals surface area contributed by atoms with Gasteiger partial charge in [0.15, 0.2) is 0 Å². The van der Waals surface area contributed by atoms with Gasteiger partial charge in [0.05, 0.1) is 18.8 Å². The monoisotopic (exact) mass is 365 g/mol. The number of anilines is 1. The zero-order valence-corrected chi connectivity index (χ0v) is 15.2. The summed E-state index contributed by atoms with van der Waals surface area (Å²) < 4.78 is 5.29. The maximum absolute atomic E-state index is 12.5. The number of pyridine rings is 1. The summed E-state index contributed by atoms with van der Waals surface area (Å²) in [6, 6.07) is 13.5. The van der Waals surface area contributed by atoms with Gasteiger partial charge in [0, 0.05) is 43.6 Å². The highest BCUT2D eigenvalue weighted by atomic mass is 16.5.